The van der Waals surface area contributed by atoms with Gasteiger partial charge in [-0.15, -0.1) is 11.3 Å². The van der Waals surface area contributed by atoms with Crippen LogP contribution in [0.4, 0.5) is 10.2 Å². The Bertz CT molecular complexity index is 828. The molecule has 0 aliphatic rings. The number of aromatic nitrogens is 2. The number of nitrogens with one attached hydrogen (secondary N) is 1. The molecule has 3 nitrogen and oxygen atoms in total. The number of nitrogen functional groups attached to an aromatic ring is 1. The summed E-state index contributed by atoms with van der Waals surface area (Å²) in [5, 5.41) is 7.05. The molecule has 3 aromatic rings. The van der Waals surface area contributed by atoms with Crippen molar-refractivity contribution in [1.82, 2.24) is 10.2 Å². The van der Waals surface area contributed by atoms with Crippen molar-refractivity contribution in [1.29, 1.82) is 0 Å². The first kappa shape index (κ1) is 14.7. The second-order valence-corrected chi connectivity index (χ2v) is 6.91. The first-order valence-corrected chi connectivity index (χ1v) is 7.67. The molecular weight excluding hydrogens is 356 g/mol. The van der Waals surface area contributed by atoms with Crippen LogP contribution in [0.5, 0.6) is 0 Å². The minimum absolute atomic E-state index is 0.238. The third-order valence-corrected chi connectivity index (χ3v) is 4.72. The van der Waals surface area contributed by atoms with Gasteiger partial charge in [-0.2, -0.15) is 5.10 Å². The standard InChI is InChI=1S/C13H7Cl3FN3S/c14-8-3-5(17)1-2-6(8)10-11(19-20-13(10)18)7-4-9(15)21-12(7)16/h1-4H,(H3,18,19,20). The van der Waals surface area contributed by atoms with Crippen molar-refractivity contribution in [2.24, 2.45) is 0 Å². The van der Waals surface area contributed by atoms with E-state index in [0.717, 1.165) is 0 Å². The second-order valence-electron chi connectivity index (χ2n) is 4.22. The Labute approximate surface area is 138 Å². The molecule has 21 heavy (non-hydrogen) atoms. The van der Waals surface area contributed by atoms with Gasteiger partial charge in [0.25, 0.3) is 0 Å². The molecule has 2 aromatic heterocycles. The lowest BCUT2D eigenvalue weighted by Crippen LogP contribution is -1.90. The molecule has 1 aromatic carbocycles. The third-order valence-electron chi connectivity index (χ3n) is 2.92. The zero-order valence-corrected chi connectivity index (χ0v) is 13.3. The van der Waals surface area contributed by atoms with Gasteiger partial charge in [0.05, 0.1) is 20.6 Å². The summed E-state index contributed by atoms with van der Waals surface area (Å²) in [4.78, 5) is 0. The van der Waals surface area contributed by atoms with Crippen LogP contribution < -0.4 is 5.73 Å². The van der Waals surface area contributed by atoms with Gasteiger partial charge in [-0.05, 0) is 24.3 Å². The average molecular weight is 363 g/mol. The van der Waals surface area contributed by atoms with Crippen LogP contribution >= 0.6 is 46.1 Å². The van der Waals surface area contributed by atoms with Gasteiger partial charge in [0, 0.05) is 11.1 Å². The van der Waals surface area contributed by atoms with Crippen LogP contribution in [0.1, 0.15) is 0 Å². The number of nitrogens with two attached hydrogens (primary N) is 1. The fourth-order valence-corrected chi connectivity index (χ4v) is 3.76. The van der Waals surface area contributed by atoms with Crippen LogP contribution in [0.3, 0.4) is 0 Å². The summed E-state index contributed by atoms with van der Waals surface area (Å²) in [6, 6.07) is 5.78. The Hall–Kier alpha value is -1.27. The minimum Gasteiger partial charge on any atom is -0.382 e. The van der Waals surface area contributed by atoms with Gasteiger partial charge in [-0.25, -0.2) is 4.39 Å². The topological polar surface area (TPSA) is 54.7 Å². The molecule has 0 bridgehead atoms. The maximum Gasteiger partial charge on any atom is 0.153 e. The van der Waals surface area contributed by atoms with E-state index in [9.17, 15) is 4.39 Å². The van der Waals surface area contributed by atoms with Crippen molar-refractivity contribution >= 4 is 52.0 Å². The molecule has 3 rings (SSSR count). The summed E-state index contributed by atoms with van der Waals surface area (Å²) in [6.45, 7) is 0. The summed E-state index contributed by atoms with van der Waals surface area (Å²) in [5.74, 6) is -0.180. The molecule has 0 saturated heterocycles. The molecule has 0 radical (unpaired) electrons. The van der Waals surface area contributed by atoms with Crippen LogP contribution in [-0.4, -0.2) is 10.2 Å². The Morgan fingerprint density at radius 3 is 2.52 bits per heavy atom. The number of hydrogen-bond donors (Lipinski definition) is 2. The maximum absolute atomic E-state index is 13.2. The van der Waals surface area contributed by atoms with E-state index in [0.29, 0.717) is 31.1 Å². The number of benzene rings is 1. The summed E-state index contributed by atoms with van der Waals surface area (Å²) in [6.07, 6.45) is 0. The highest BCUT2D eigenvalue weighted by Gasteiger charge is 2.20. The highest BCUT2D eigenvalue weighted by Crippen LogP contribution is 2.44. The van der Waals surface area contributed by atoms with Crippen molar-refractivity contribution in [2.45, 2.75) is 0 Å². The van der Waals surface area contributed by atoms with E-state index in [1.807, 2.05) is 0 Å². The number of anilines is 1. The van der Waals surface area contributed by atoms with Crippen LogP contribution in [0.15, 0.2) is 24.3 Å². The van der Waals surface area contributed by atoms with Gasteiger partial charge >= 0.3 is 0 Å². The van der Waals surface area contributed by atoms with Crippen molar-refractivity contribution < 1.29 is 4.39 Å². The van der Waals surface area contributed by atoms with E-state index in [4.69, 9.17) is 40.5 Å². The lowest BCUT2D eigenvalue weighted by molar-refractivity contribution is 0.628. The molecule has 0 unspecified atom stereocenters. The zero-order chi connectivity index (χ0) is 15.1. The second kappa shape index (κ2) is 5.50. The lowest BCUT2D eigenvalue weighted by Gasteiger charge is -2.06. The normalized spacial score (nSPS) is 11.0. The summed E-state index contributed by atoms with van der Waals surface area (Å²) >= 11 is 19.5. The molecule has 0 saturated carbocycles. The molecule has 0 spiro atoms. The monoisotopic (exact) mass is 361 g/mol. The quantitative estimate of drug-likeness (QED) is 0.633. The Morgan fingerprint density at radius 1 is 1.14 bits per heavy atom. The molecule has 0 atom stereocenters. The van der Waals surface area contributed by atoms with Crippen molar-refractivity contribution in [3.8, 4) is 22.4 Å². The molecule has 0 fully saturated rings. The zero-order valence-electron chi connectivity index (χ0n) is 10.3. The first-order chi connectivity index (χ1) is 9.97. The van der Waals surface area contributed by atoms with Crippen LogP contribution in [0, 0.1) is 5.82 Å². The minimum atomic E-state index is -0.427. The Balaban J connectivity index is 2.24. The van der Waals surface area contributed by atoms with E-state index < -0.39 is 5.82 Å². The number of rotatable bonds is 2. The molecule has 0 amide bonds. The van der Waals surface area contributed by atoms with Crippen molar-refractivity contribution in [2.75, 3.05) is 5.73 Å². The molecule has 3 N–H and O–H groups in total. The van der Waals surface area contributed by atoms with Crippen LogP contribution in [0.2, 0.25) is 13.7 Å². The van der Waals surface area contributed by atoms with Gasteiger partial charge in [0.2, 0.25) is 0 Å². The van der Waals surface area contributed by atoms with Crippen molar-refractivity contribution in [3.05, 3.63) is 43.8 Å². The highest BCUT2D eigenvalue weighted by molar-refractivity contribution is 7.20. The van der Waals surface area contributed by atoms with Crippen LogP contribution in [0.25, 0.3) is 22.4 Å². The molecule has 2 heterocycles. The third kappa shape index (κ3) is 2.62. The predicted molar refractivity (Wildman–Crippen MR) is 86.7 cm³/mol. The van der Waals surface area contributed by atoms with Crippen molar-refractivity contribution in [3.63, 3.8) is 0 Å². The highest BCUT2D eigenvalue weighted by atomic mass is 35.5. The molecular formula is C13H7Cl3FN3S. The number of aromatic amines is 1. The Morgan fingerprint density at radius 2 is 1.90 bits per heavy atom. The van der Waals surface area contributed by atoms with Gasteiger partial charge < -0.3 is 5.73 Å². The maximum atomic E-state index is 13.2. The van der Waals surface area contributed by atoms with E-state index in [2.05, 4.69) is 10.2 Å². The Kier molecular flexibility index (Phi) is 3.84. The van der Waals surface area contributed by atoms with Gasteiger partial charge in [0.15, 0.2) is 5.82 Å². The molecule has 8 heteroatoms. The summed E-state index contributed by atoms with van der Waals surface area (Å²) < 4.78 is 14.2. The smallest absolute Gasteiger partial charge is 0.153 e. The average Bonchev–Trinajstić information content (AvgIpc) is 2.93. The summed E-state index contributed by atoms with van der Waals surface area (Å²) in [7, 11) is 0. The molecule has 0 aliphatic heterocycles. The SMILES string of the molecule is Nc1n[nH]c(-c2cc(Cl)sc2Cl)c1-c1ccc(F)cc1Cl. The van der Waals surface area contributed by atoms with E-state index in [1.165, 1.54) is 23.5 Å². The van der Waals surface area contributed by atoms with E-state index >= 15 is 0 Å². The van der Waals surface area contributed by atoms with E-state index in [-0.39, 0.29) is 10.8 Å². The summed E-state index contributed by atoms with van der Waals surface area (Å²) in [5.41, 5.74) is 8.30. The molecule has 108 valence electrons. The number of nitrogens with zero attached hydrogens (tertiary/aromatic N) is 1. The number of thiophene rings is 1. The van der Waals surface area contributed by atoms with Gasteiger partial charge in [-0.3, -0.25) is 5.10 Å². The van der Waals surface area contributed by atoms with Gasteiger partial charge in [-0.1, -0.05) is 34.8 Å². The lowest BCUT2D eigenvalue weighted by atomic mass is 10.0. The van der Waals surface area contributed by atoms with Gasteiger partial charge in [0.1, 0.15) is 10.2 Å². The largest absolute Gasteiger partial charge is 0.382 e. The number of hydrogen-bond acceptors (Lipinski definition) is 3. The first-order valence-electron chi connectivity index (χ1n) is 5.72. The predicted octanol–water partition coefficient (Wildman–Crippen LogP) is 5.49. The fourth-order valence-electron chi connectivity index (χ4n) is 2.03. The number of H-pyrrole nitrogens is 1. The van der Waals surface area contributed by atoms with Crippen LogP contribution in [-0.2, 0) is 0 Å². The molecule has 0 aliphatic carbocycles. The fraction of sp³-hybridized carbons (Fsp3) is 0. The number of halogens is 4. The van der Waals surface area contributed by atoms with E-state index in [1.54, 1.807) is 12.1 Å².